The first kappa shape index (κ1) is 16.2. The molecule has 1 atom stereocenters. The fourth-order valence-electron chi connectivity index (χ4n) is 2.05. The predicted octanol–water partition coefficient (Wildman–Crippen LogP) is 2.81. The van der Waals surface area contributed by atoms with E-state index >= 15 is 0 Å². The van der Waals surface area contributed by atoms with Gasteiger partial charge in [0.2, 0.25) is 0 Å². The second-order valence-corrected chi connectivity index (χ2v) is 5.25. The molecule has 0 bridgehead atoms. The Labute approximate surface area is 117 Å². The number of nitrogens with one attached hydrogen (secondary N) is 1. The Hall–Kier alpha value is -0.900. The highest BCUT2D eigenvalue weighted by Crippen LogP contribution is 2.16. The number of likely N-dealkylation sites (N-methyl/N-ethyl adjacent to an activating group) is 1. The average Bonchev–Trinajstić information content (AvgIpc) is 2.40. The predicted molar refractivity (Wildman–Crippen MR) is 79.5 cm³/mol. The molecule has 0 amide bonds. The maximum absolute atomic E-state index is 5.59. The minimum absolute atomic E-state index is 0.241. The van der Waals surface area contributed by atoms with Crippen LogP contribution in [0.2, 0.25) is 0 Å². The van der Waals surface area contributed by atoms with Gasteiger partial charge in [-0.15, -0.1) is 0 Å². The normalized spacial score (nSPS) is 12.9. The van der Waals surface area contributed by atoms with E-state index in [9.17, 15) is 0 Å². The molecule has 0 fully saturated rings. The Morgan fingerprint density at radius 3 is 2.32 bits per heavy atom. The van der Waals surface area contributed by atoms with E-state index in [0.717, 1.165) is 6.42 Å². The van der Waals surface area contributed by atoms with E-state index in [2.05, 4.69) is 43.4 Å². The molecule has 0 heterocycles. The molecular formula is C16H27NO2. The van der Waals surface area contributed by atoms with Crippen LogP contribution in [-0.4, -0.2) is 34.0 Å². The highest BCUT2D eigenvalue weighted by molar-refractivity contribution is 5.25. The van der Waals surface area contributed by atoms with Crippen molar-refractivity contribution in [3.05, 3.63) is 35.4 Å². The van der Waals surface area contributed by atoms with Crippen molar-refractivity contribution < 1.29 is 9.47 Å². The standard InChI is InChI=1S/C16H27NO2/c1-13(2)11-14-5-7-15(8-6-14)16(17-3)12-19-10-9-18-4/h5-8,13,16-17H,9-12H2,1-4H3. The average molecular weight is 265 g/mol. The van der Waals surface area contributed by atoms with E-state index in [1.54, 1.807) is 7.11 Å². The molecule has 1 N–H and O–H groups in total. The van der Waals surface area contributed by atoms with Crippen LogP contribution in [0.5, 0.6) is 0 Å². The van der Waals surface area contributed by atoms with Crippen molar-refractivity contribution in [2.45, 2.75) is 26.3 Å². The van der Waals surface area contributed by atoms with Crippen molar-refractivity contribution in [3.63, 3.8) is 0 Å². The molecule has 0 spiro atoms. The second-order valence-electron chi connectivity index (χ2n) is 5.25. The maximum atomic E-state index is 5.59. The van der Waals surface area contributed by atoms with Gasteiger partial charge in [0.05, 0.1) is 25.9 Å². The van der Waals surface area contributed by atoms with Gasteiger partial charge in [0.1, 0.15) is 0 Å². The van der Waals surface area contributed by atoms with Gasteiger partial charge in [-0.2, -0.15) is 0 Å². The van der Waals surface area contributed by atoms with Gasteiger partial charge in [-0.05, 0) is 30.5 Å². The van der Waals surface area contributed by atoms with E-state index < -0.39 is 0 Å². The summed E-state index contributed by atoms with van der Waals surface area (Å²) in [5.41, 5.74) is 2.67. The van der Waals surface area contributed by atoms with Gasteiger partial charge in [-0.25, -0.2) is 0 Å². The number of hydrogen-bond donors (Lipinski definition) is 1. The molecule has 0 radical (unpaired) electrons. The number of hydrogen-bond acceptors (Lipinski definition) is 3. The molecule has 0 aliphatic carbocycles. The summed E-state index contributed by atoms with van der Waals surface area (Å²) in [4.78, 5) is 0. The topological polar surface area (TPSA) is 30.5 Å². The highest BCUT2D eigenvalue weighted by Gasteiger charge is 2.09. The van der Waals surface area contributed by atoms with E-state index in [4.69, 9.17) is 9.47 Å². The van der Waals surface area contributed by atoms with E-state index in [-0.39, 0.29) is 6.04 Å². The van der Waals surface area contributed by atoms with Crippen LogP contribution in [0, 0.1) is 5.92 Å². The number of methoxy groups -OCH3 is 1. The van der Waals surface area contributed by atoms with Crippen molar-refractivity contribution in [2.24, 2.45) is 5.92 Å². The molecule has 1 rings (SSSR count). The maximum Gasteiger partial charge on any atom is 0.0701 e. The molecule has 1 unspecified atom stereocenters. The molecule has 0 saturated carbocycles. The van der Waals surface area contributed by atoms with E-state index in [1.807, 2.05) is 7.05 Å². The van der Waals surface area contributed by atoms with Gasteiger partial charge in [0.25, 0.3) is 0 Å². The fraction of sp³-hybridized carbons (Fsp3) is 0.625. The zero-order valence-electron chi connectivity index (χ0n) is 12.6. The van der Waals surface area contributed by atoms with Crippen LogP contribution >= 0.6 is 0 Å². The lowest BCUT2D eigenvalue weighted by Gasteiger charge is -2.17. The van der Waals surface area contributed by atoms with E-state index in [0.29, 0.717) is 25.7 Å². The lowest BCUT2D eigenvalue weighted by molar-refractivity contribution is 0.0596. The first-order valence-electron chi connectivity index (χ1n) is 7.00. The van der Waals surface area contributed by atoms with Gasteiger partial charge >= 0.3 is 0 Å². The molecule has 1 aromatic rings. The summed E-state index contributed by atoms with van der Waals surface area (Å²) in [7, 11) is 3.65. The quantitative estimate of drug-likeness (QED) is 0.696. The Morgan fingerprint density at radius 2 is 1.79 bits per heavy atom. The molecular weight excluding hydrogens is 238 g/mol. The van der Waals surface area contributed by atoms with Crippen molar-refractivity contribution >= 4 is 0 Å². The van der Waals surface area contributed by atoms with Gasteiger partial charge in [0, 0.05) is 7.11 Å². The van der Waals surface area contributed by atoms with Crippen LogP contribution in [0.1, 0.15) is 31.0 Å². The summed E-state index contributed by atoms with van der Waals surface area (Å²) in [6, 6.07) is 9.06. The van der Waals surface area contributed by atoms with Gasteiger partial charge in [-0.1, -0.05) is 38.1 Å². The van der Waals surface area contributed by atoms with Crippen LogP contribution < -0.4 is 5.32 Å². The summed E-state index contributed by atoms with van der Waals surface area (Å²) in [5, 5.41) is 3.29. The van der Waals surface area contributed by atoms with Crippen LogP contribution in [-0.2, 0) is 15.9 Å². The van der Waals surface area contributed by atoms with Crippen LogP contribution in [0.25, 0.3) is 0 Å². The Morgan fingerprint density at radius 1 is 1.11 bits per heavy atom. The van der Waals surface area contributed by atoms with Gasteiger partial charge < -0.3 is 14.8 Å². The number of benzene rings is 1. The second kappa shape index (κ2) is 9.08. The molecule has 0 aromatic heterocycles. The number of ether oxygens (including phenoxy) is 2. The summed E-state index contributed by atoms with van der Waals surface area (Å²) >= 11 is 0. The lowest BCUT2D eigenvalue weighted by Crippen LogP contribution is -2.22. The van der Waals surface area contributed by atoms with Crippen LogP contribution in [0.15, 0.2) is 24.3 Å². The molecule has 0 aliphatic heterocycles. The monoisotopic (exact) mass is 265 g/mol. The summed E-state index contributed by atoms with van der Waals surface area (Å²) in [5.74, 6) is 0.698. The van der Waals surface area contributed by atoms with Crippen molar-refractivity contribution in [1.82, 2.24) is 5.32 Å². The third kappa shape index (κ3) is 6.19. The molecule has 108 valence electrons. The zero-order chi connectivity index (χ0) is 14.1. The van der Waals surface area contributed by atoms with Crippen molar-refractivity contribution in [3.8, 4) is 0 Å². The fourth-order valence-corrected chi connectivity index (χ4v) is 2.05. The molecule has 3 nitrogen and oxygen atoms in total. The molecule has 1 aromatic carbocycles. The van der Waals surface area contributed by atoms with Gasteiger partial charge in [-0.3, -0.25) is 0 Å². The van der Waals surface area contributed by atoms with Crippen LogP contribution in [0.3, 0.4) is 0 Å². The molecule has 0 saturated heterocycles. The largest absolute Gasteiger partial charge is 0.382 e. The summed E-state index contributed by atoms with van der Waals surface area (Å²) < 4.78 is 10.6. The highest BCUT2D eigenvalue weighted by atomic mass is 16.5. The van der Waals surface area contributed by atoms with Crippen molar-refractivity contribution in [2.75, 3.05) is 34.0 Å². The van der Waals surface area contributed by atoms with E-state index in [1.165, 1.54) is 11.1 Å². The SMILES string of the molecule is CNC(COCCOC)c1ccc(CC(C)C)cc1. The zero-order valence-corrected chi connectivity index (χ0v) is 12.6. The summed E-state index contributed by atoms with van der Waals surface area (Å²) in [6.45, 7) is 6.44. The Bertz CT molecular complexity index is 335. The Kier molecular flexibility index (Phi) is 7.72. The molecule has 0 aliphatic rings. The van der Waals surface area contributed by atoms with Crippen LogP contribution in [0.4, 0.5) is 0 Å². The molecule has 19 heavy (non-hydrogen) atoms. The van der Waals surface area contributed by atoms with Gasteiger partial charge in [0.15, 0.2) is 0 Å². The third-order valence-electron chi connectivity index (χ3n) is 3.09. The summed E-state index contributed by atoms with van der Waals surface area (Å²) in [6.07, 6.45) is 1.13. The first-order chi connectivity index (χ1) is 9.17. The minimum atomic E-state index is 0.241. The lowest BCUT2D eigenvalue weighted by atomic mass is 10.00. The first-order valence-corrected chi connectivity index (χ1v) is 7.00. The third-order valence-corrected chi connectivity index (χ3v) is 3.09. The minimum Gasteiger partial charge on any atom is -0.382 e. The number of rotatable bonds is 9. The molecule has 3 heteroatoms. The van der Waals surface area contributed by atoms with Crippen molar-refractivity contribution in [1.29, 1.82) is 0 Å². The smallest absolute Gasteiger partial charge is 0.0701 e. The Balaban J connectivity index is 2.51.